The standard InChI is InChI=1S/C18H23N3O3/c1-18(2,3)17-19-16(12-20(17)11-15-8-5-9-24-15)13-6-4-7-14(10-13)21(22)23/h4,6-7,10,12,15H,5,8-9,11H2,1-3H3. The first-order valence-corrected chi connectivity index (χ1v) is 8.28. The van der Waals surface area contributed by atoms with Crippen molar-refractivity contribution in [3.05, 3.63) is 46.4 Å². The molecule has 0 amide bonds. The highest BCUT2D eigenvalue weighted by molar-refractivity contribution is 5.62. The maximum atomic E-state index is 11.0. The Morgan fingerprint density at radius 1 is 1.42 bits per heavy atom. The van der Waals surface area contributed by atoms with Crippen molar-refractivity contribution in [2.24, 2.45) is 0 Å². The SMILES string of the molecule is CC(C)(C)c1nc(-c2cccc([N+](=O)[O-])c2)cn1CC1CCCO1. The van der Waals surface area contributed by atoms with Gasteiger partial charge >= 0.3 is 0 Å². The van der Waals surface area contributed by atoms with Crippen LogP contribution in [0.5, 0.6) is 0 Å². The summed E-state index contributed by atoms with van der Waals surface area (Å²) in [5, 5.41) is 11.0. The van der Waals surface area contributed by atoms with Crippen LogP contribution < -0.4 is 0 Å². The molecule has 1 aliphatic heterocycles. The lowest BCUT2D eigenvalue weighted by Crippen LogP contribution is -2.23. The number of benzene rings is 1. The molecule has 1 saturated heterocycles. The molecule has 24 heavy (non-hydrogen) atoms. The maximum absolute atomic E-state index is 11.0. The van der Waals surface area contributed by atoms with Gasteiger partial charge in [0.2, 0.25) is 0 Å². The number of hydrogen-bond acceptors (Lipinski definition) is 4. The van der Waals surface area contributed by atoms with Crippen LogP contribution in [0, 0.1) is 10.1 Å². The molecule has 1 atom stereocenters. The summed E-state index contributed by atoms with van der Waals surface area (Å²) < 4.78 is 7.90. The van der Waals surface area contributed by atoms with Gasteiger partial charge in [-0.15, -0.1) is 0 Å². The molecule has 0 spiro atoms. The minimum absolute atomic E-state index is 0.0819. The van der Waals surface area contributed by atoms with Crippen molar-refractivity contribution in [1.29, 1.82) is 0 Å². The second-order valence-corrected chi connectivity index (χ2v) is 7.29. The number of rotatable bonds is 4. The highest BCUT2D eigenvalue weighted by Gasteiger charge is 2.25. The summed E-state index contributed by atoms with van der Waals surface area (Å²) in [6, 6.07) is 6.63. The zero-order chi connectivity index (χ0) is 17.3. The Kier molecular flexibility index (Phi) is 4.41. The van der Waals surface area contributed by atoms with E-state index in [2.05, 4.69) is 25.3 Å². The molecule has 6 heteroatoms. The average molecular weight is 329 g/mol. The summed E-state index contributed by atoms with van der Waals surface area (Å²) in [4.78, 5) is 15.4. The summed E-state index contributed by atoms with van der Waals surface area (Å²) >= 11 is 0. The van der Waals surface area contributed by atoms with Crippen molar-refractivity contribution in [3.63, 3.8) is 0 Å². The third kappa shape index (κ3) is 3.48. The van der Waals surface area contributed by atoms with Crippen LogP contribution >= 0.6 is 0 Å². The normalized spacial score (nSPS) is 18.0. The van der Waals surface area contributed by atoms with Gasteiger partial charge in [-0.2, -0.15) is 0 Å². The monoisotopic (exact) mass is 329 g/mol. The van der Waals surface area contributed by atoms with E-state index < -0.39 is 0 Å². The van der Waals surface area contributed by atoms with Crippen molar-refractivity contribution in [2.75, 3.05) is 6.61 Å². The van der Waals surface area contributed by atoms with Crippen LogP contribution in [0.15, 0.2) is 30.5 Å². The van der Waals surface area contributed by atoms with Gasteiger partial charge in [0.1, 0.15) is 5.82 Å². The van der Waals surface area contributed by atoms with Crippen molar-refractivity contribution in [3.8, 4) is 11.3 Å². The fourth-order valence-electron chi connectivity index (χ4n) is 3.08. The van der Waals surface area contributed by atoms with E-state index in [-0.39, 0.29) is 22.1 Å². The van der Waals surface area contributed by atoms with E-state index >= 15 is 0 Å². The van der Waals surface area contributed by atoms with Crippen LogP contribution in [0.3, 0.4) is 0 Å². The minimum Gasteiger partial charge on any atom is -0.376 e. The van der Waals surface area contributed by atoms with Crippen LogP contribution in [-0.2, 0) is 16.7 Å². The number of hydrogen-bond donors (Lipinski definition) is 0. The summed E-state index contributed by atoms with van der Waals surface area (Å²) in [6.45, 7) is 7.96. The molecular weight excluding hydrogens is 306 g/mol. The Bertz CT molecular complexity index is 740. The predicted molar refractivity (Wildman–Crippen MR) is 92.0 cm³/mol. The third-order valence-electron chi connectivity index (χ3n) is 4.22. The second kappa shape index (κ2) is 6.36. The number of imidazole rings is 1. The quantitative estimate of drug-likeness (QED) is 0.629. The van der Waals surface area contributed by atoms with Crippen LogP contribution in [0.4, 0.5) is 5.69 Å². The lowest BCUT2D eigenvalue weighted by atomic mass is 9.95. The topological polar surface area (TPSA) is 70.2 Å². The van der Waals surface area contributed by atoms with E-state index in [9.17, 15) is 10.1 Å². The predicted octanol–water partition coefficient (Wildman–Crippen LogP) is 3.93. The van der Waals surface area contributed by atoms with Gasteiger partial charge in [-0.25, -0.2) is 4.98 Å². The number of nitrogens with zero attached hydrogens (tertiary/aromatic N) is 3. The van der Waals surface area contributed by atoms with Gasteiger partial charge in [0.05, 0.1) is 23.3 Å². The van der Waals surface area contributed by atoms with Gasteiger partial charge in [-0.05, 0) is 12.8 Å². The molecule has 1 aromatic heterocycles. The van der Waals surface area contributed by atoms with E-state index in [1.165, 1.54) is 6.07 Å². The Hall–Kier alpha value is -2.21. The molecule has 6 nitrogen and oxygen atoms in total. The zero-order valence-electron chi connectivity index (χ0n) is 14.4. The highest BCUT2D eigenvalue weighted by atomic mass is 16.6. The van der Waals surface area contributed by atoms with Crippen LogP contribution in [0.25, 0.3) is 11.3 Å². The van der Waals surface area contributed by atoms with Crippen molar-refractivity contribution < 1.29 is 9.66 Å². The van der Waals surface area contributed by atoms with E-state index in [1.54, 1.807) is 12.1 Å². The van der Waals surface area contributed by atoms with E-state index in [0.29, 0.717) is 0 Å². The van der Waals surface area contributed by atoms with E-state index in [4.69, 9.17) is 9.72 Å². The Morgan fingerprint density at radius 2 is 2.21 bits per heavy atom. The maximum Gasteiger partial charge on any atom is 0.270 e. The van der Waals surface area contributed by atoms with E-state index in [1.807, 2.05) is 12.3 Å². The number of ether oxygens (including phenoxy) is 1. The minimum atomic E-state index is -0.377. The van der Waals surface area contributed by atoms with Crippen molar-refractivity contribution in [1.82, 2.24) is 9.55 Å². The summed E-state index contributed by atoms with van der Waals surface area (Å²) in [7, 11) is 0. The molecule has 1 aromatic carbocycles. The molecule has 1 fully saturated rings. The van der Waals surface area contributed by atoms with Gasteiger partial charge in [-0.1, -0.05) is 32.9 Å². The number of nitro benzene ring substituents is 1. The van der Waals surface area contributed by atoms with Crippen LogP contribution in [0.1, 0.15) is 39.4 Å². The molecule has 2 aromatic rings. The molecule has 0 N–H and O–H groups in total. The van der Waals surface area contributed by atoms with E-state index in [0.717, 1.165) is 43.1 Å². The Morgan fingerprint density at radius 3 is 2.83 bits per heavy atom. The van der Waals surface area contributed by atoms with Gasteiger partial charge < -0.3 is 9.30 Å². The Balaban J connectivity index is 1.98. The van der Waals surface area contributed by atoms with Gasteiger partial charge in [0.25, 0.3) is 5.69 Å². The lowest BCUT2D eigenvalue weighted by molar-refractivity contribution is -0.384. The summed E-state index contributed by atoms with van der Waals surface area (Å²) in [6.07, 6.45) is 4.37. The molecule has 128 valence electrons. The number of non-ortho nitro benzene ring substituents is 1. The first-order valence-electron chi connectivity index (χ1n) is 8.28. The second-order valence-electron chi connectivity index (χ2n) is 7.29. The molecule has 2 heterocycles. The molecule has 3 rings (SSSR count). The average Bonchev–Trinajstić information content (AvgIpc) is 3.17. The molecule has 0 bridgehead atoms. The molecular formula is C18H23N3O3. The Labute approximate surface area is 141 Å². The van der Waals surface area contributed by atoms with Gasteiger partial charge in [-0.3, -0.25) is 10.1 Å². The van der Waals surface area contributed by atoms with Crippen LogP contribution in [-0.4, -0.2) is 27.2 Å². The van der Waals surface area contributed by atoms with Gasteiger partial charge in [0.15, 0.2) is 0 Å². The van der Waals surface area contributed by atoms with Crippen LogP contribution in [0.2, 0.25) is 0 Å². The molecule has 0 saturated carbocycles. The fourth-order valence-corrected chi connectivity index (χ4v) is 3.08. The zero-order valence-corrected chi connectivity index (χ0v) is 14.4. The van der Waals surface area contributed by atoms with Crippen molar-refractivity contribution in [2.45, 2.75) is 51.7 Å². The molecule has 0 aliphatic carbocycles. The molecule has 1 aliphatic rings. The summed E-state index contributed by atoms with van der Waals surface area (Å²) in [5.41, 5.74) is 1.50. The first kappa shape index (κ1) is 16.6. The highest BCUT2D eigenvalue weighted by Crippen LogP contribution is 2.29. The molecule has 1 unspecified atom stereocenters. The third-order valence-corrected chi connectivity index (χ3v) is 4.22. The fraction of sp³-hybridized carbons (Fsp3) is 0.500. The number of aromatic nitrogens is 2. The first-order chi connectivity index (χ1) is 11.3. The smallest absolute Gasteiger partial charge is 0.270 e. The largest absolute Gasteiger partial charge is 0.376 e. The van der Waals surface area contributed by atoms with Crippen molar-refractivity contribution >= 4 is 5.69 Å². The van der Waals surface area contributed by atoms with Gasteiger partial charge in [0, 0.05) is 35.9 Å². The lowest BCUT2D eigenvalue weighted by Gasteiger charge is -2.21. The molecule has 0 radical (unpaired) electrons. The number of nitro groups is 1. The summed E-state index contributed by atoms with van der Waals surface area (Å²) in [5.74, 6) is 0.972.